The maximum Gasteiger partial charge on any atom is 0.369 e. The van der Waals surface area contributed by atoms with E-state index in [0.717, 1.165) is 17.2 Å². The predicted molar refractivity (Wildman–Crippen MR) is 64.2 cm³/mol. The van der Waals surface area contributed by atoms with E-state index in [2.05, 4.69) is 24.3 Å². The molecule has 0 saturated heterocycles. The summed E-state index contributed by atoms with van der Waals surface area (Å²) in [6.07, 6.45) is 0. The third-order valence-corrected chi connectivity index (χ3v) is 3.70. The zero-order chi connectivity index (χ0) is 12.4. The molecular weight excluding hydrogens is 260 g/mol. The molecule has 0 spiro atoms. The van der Waals surface area contributed by atoms with Gasteiger partial charge in [0.2, 0.25) is 5.01 Å². The zero-order valence-corrected chi connectivity index (χ0v) is 11.1. The van der Waals surface area contributed by atoms with E-state index in [1.807, 2.05) is 13.8 Å². The molecule has 0 aliphatic carbocycles. The van der Waals surface area contributed by atoms with Crippen molar-refractivity contribution in [2.24, 2.45) is 0 Å². The van der Waals surface area contributed by atoms with Gasteiger partial charge in [0.15, 0.2) is 10.0 Å². The molecule has 0 atom stereocenters. The zero-order valence-electron chi connectivity index (χ0n) is 9.50. The Morgan fingerprint density at radius 1 is 1.29 bits per heavy atom. The Morgan fingerprint density at radius 3 is 2.65 bits per heavy atom. The lowest BCUT2D eigenvalue weighted by Crippen LogP contribution is -1.99. The van der Waals surface area contributed by atoms with Crippen LogP contribution < -0.4 is 0 Å². The summed E-state index contributed by atoms with van der Waals surface area (Å²) >= 11 is 2.41. The van der Waals surface area contributed by atoms with Crippen molar-refractivity contribution in [3.8, 4) is 10.0 Å². The monoisotopic (exact) mass is 270 g/mol. The number of nitrogens with zero attached hydrogens (tertiary/aromatic N) is 4. The van der Waals surface area contributed by atoms with Gasteiger partial charge in [0.1, 0.15) is 5.82 Å². The number of esters is 1. The molecule has 0 fully saturated rings. The maximum atomic E-state index is 11.2. The van der Waals surface area contributed by atoms with Gasteiger partial charge >= 0.3 is 5.97 Å². The third-order valence-electron chi connectivity index (χ3n) is 1.93. The average molecular weight is 270 g/mol. The predicted octanol–water partition coefficient (Wildman–Crippen LogP) is 1.97. The first-order valence-electron chi connectivity index (χ1n) is 4.87. The molecule has 0 radical (unpaired) electrons. The van der Waals surface area contributed by atoms with Crippen LogP contribution in [0.5, 0.6) is 0 Å². The fourth-order valence-electron chi connectivity index (χ4n) is 1.04. The van der Waals surface area contributed by atoms with E-state index in [-0.39, 0.29) is 10.9 Å². The molecule has 0 unspecified atom stereocenters. The van der Waals surface area contributed by atoms with E-state index in [9.17, 15) is 4.79 Å². The summed E-state index contributed by atoms with van der Waals surface area (Å²) in [6, 6.07) is 0. The summed E-state index contributed by atoms with van der Waals surface area (Å²) < 4.78 is 8.78. The van der Waals surface area contributed by atoms with Gasteiger partial charge in [0.25, 0.3) is 0 Å². The van der Waals surface area contributed by atoms with Crippen molar-refractivity contribution in [3.63, 3.8) is 0 Å². The minimum absolute atomic E-state index is 0.226. The lowest BCUT2D eigenvalue weighted by Gasteiger charge is -1.93. The third kappa shape index (κ3) is 2.47. The second kappa shape index (κ2) is 4.84. The van der Waals surface area contributed by atoms with Gasteiger partial charge in [-0.25, -0.2) is 9.78 Å². The molecular formula is C9H10N4O2S2. The Morgan fingerprint density at radius 2 is 2.06 bits per heavy atom. The highest BCUT2D eigenvalue weighted by Gasteiger charge is 2.17. The molecule has 0 N–H and O–H groups in total. The van der Waals surface area contributed by atoms with E-state index in [1.165, 1.54) is 18.6 Å². The van der Waals surface area contributed by atoms with Crippen molar-refractivity contribution < 1.29 is 9.53 Å². The number of hydrogen-bond acceptors (Lipinski definition) is 8. The minimum atomic E-state index is -0.484. The Balaban J connectivity index is 2.27. The first-order valence-corrected chi connectivity index (χ1v) is 6.46. The number of ether oxygens (including phenoxy) is 1. The van der Waals surface area contributed by atoms with Crippen LogP contribution in [0.15, 0.2) is 0 Å². The Hall–Kier alpha value is -1.41. The normalized spacial score (nSPS) is 10.8. The Kier molecular flexibility index (Phi) is 3.43. The molecule has 0 aliphatic heterocycles. The second-order valence-corrected chi connectivity index (χ2v) is 5.25. The smallest absolute Gasteiger partial charge is 0.369 e. The van der Waals surface area contributed by atoms with Crippen LogP contribution in [0.1, 0.15) is 35.4 Å². The molecule has 90 valence electrons. The molecule has 2 heterocycles. The number of hydrogen-bond donors (Lipinski definition) is 0. The number of carbonyl (C=O) groups excluding carboxylic acids is 1. The highest BCUT2D eigenvalue weighted by Crippen LogP contribution is 2.26. The number of rotatable bonds is 3. The average Bonchev–Trinajstić information content (AvgIpc) is 2.95. The fourth-order valence-corrected chi connectivity index (χ4v) is 2.60. The first-order chi connectivity index (χ1) is 8.11. The Labute approximate surface area is 106 Å². The topological polar surface area (TPSA) is 77.9 Å². The SMILES string of the molecule is COC(=O)c1nnc(-c2nc(C(C)C)ns2)s1. The molecule has 2 rings (SSSR count). The van der Waals surface area contributed by atoms with Gasteiger partial charge < -0.3 is 4.74 Å². The summed E-state index contributed by atoms with van der Waals surface area (Å²) in [7, 11) is 1.31. The lowest BCUT2D eigenvalue weighted by molar-refractivity contribution is 0.0599. The van der Waals surface area contributed by atoms with Crippen LogP contribution in [0.25, 0.3) is 10.0 Å². The molecule has 8 heteroatoms. The summed E-state index contributed by atoms with van der Waals surface area (Å²) in [6.45, 7) is 4.04. The summed E-state index contributed by atoms with van der Waals surface area (Å²) in [5, 5.41) is 9.15. The van der Waals surface area contributed by atoms with Crippen molar-refractivity contribution in [3.05, 3.63) is 10.8 Å². The van der Waals surface area contributed by atoms with Gasteiger partial charge in [0, 0.05) is 5.92 Å². The van der Waals surface area contributed by atoms with Crippen LogP contribution in [0, 0.1) is 0 Å². The van der Waals surface area contributed by atoms with Gasteiger partial charge in [-0.05, 0) is 11.5 Å². The fraction of sp³-hybridized carbons (Fsp3) is 0.444. The van der Waals surface area contributed by atoms with Crippen LogP contribution >= 0.6 is 22.9 Å². The summed E-state index contributed by atoms with van der Waals surface area (Å²) in [4.78, 5) is 15.6. The van der Waals surface area contributed by atoms with Crippen molar-refractivity contribution in [2.75, 3.05) is 7.11 Å². The molecule has 0 amide bonds. The number of aromatic nitrogens is 4. The van der Waals surface area contributed by atoms with E-state index in [0.29, 0.717) is 10.0 Å². The van der Waals surface area contributed by atoms with E-state index >= 15 is 0 Å². The maximum absolute atomic E-state index is 11.2. The van der Waals surface area contributed by atoms with Crippen molar-refractivity contribution >= 4 is 28.8 Å². The minimum Gasteiger partial charge on any atom is -0.464 e. The van der Waals surface area contributed by atoms with Crippen LogP contribution in [-0.4, -0.2) is 32.6 Å². The molecule has 6 nitrogen and oxygen atoms in total. The molecule has 0 saturated carbocycles. The first kappa shape index (κ1) is 12.1. The largest absolute Gasteiger partial charge is 0.464 e. The van der Waals surface area contributed by atoms with Crippen LogP contribution in [0.4, 0.5) is 0 Å². The van der Waals surface area contributed by atoms with Crippen molar-refractivity contribution in [1.29, 1.82) is 0 Å². The van der Waals surface area contributed by atoms with Gasteiger partial charge in [-0.1, -0.05) is 25.2 Å². The number of methoxy groups -OCH3 is 1. The van der Waals surface area contributed by atoms with Crippen LogP contribution in [-0.2, 0) is 4.74 Å². The summed E-state index contributed by atoms with van der Waals surface area (Å²) in [5.41, 5.74) is 0. The quantitative estimate of drug-likeness (QED) is 0.793. The van der Waals surface area contributed by atoms with Crippen LogP contribution in [0.3, 0.4) is 0 Å². The van der Waals surface area contributed by atoms with Crippen molar-refractivity contribution in [2.45, 2.75) is 19.8 Å². The highest BCUT2D eigenvalue weighted by molar-refractivity contribution is 7.20. The van der Waals surface area contributed by atoms with Crippen molar-refractivity contribution in [1.82, 2.24) is 19.6 Å². The molecule has 2 aromatic rings. The van der Waals surface area contributed by atoms with Gasteiger partial charge in [-0.2, -0.15) is 4.37 Å². The van der Waals surface area contributed by atoms with E-state index < -0.39 is 5.97 Å². The highest BCUT2D eigenvalue weighted by atomic mass is 32.1. The lowest BCUT2D eigenvalue weighted by atomic mass is 10.2. The Bertz CT molecular complexity index is 535. The standard InChI is InChI=1S/C9H10N4O2S2/c1-4(2)5-10-6(17-13-5)7-11-12-8(16-7)9(14)15-3/h4H,1-3H3. The van der Waals surface area contributed by atoms with Crippen LogP contribution in [0.2, 0.25) is 0 Å². The second-order valence-electron chi connectivity index (χ2n) is 3.52. The number of carbonyl (C=O) groups is 1. The van der Waals surface area contributed by atoms with E-state index in [1.54, 1.807) is 0 Å². The molecule has 0 bridgehead atoms. The molecule has 2 aromatic heterocycles. The van der Waals surface area contributed by atoms with Gasteiger partial charge in [-0.3, -0.25) is 0 Å². The molecule has 0 aliphatic rings. The van der Waals surface area contributed by atoms with Gasteiger partial charge in [-0.15, -0.1) is 10.2 Å². The molecule has 17 heavy (non-hydrogen) atoms. The van der Waals surface area contributed by atoms with E-state index in [4.69, 9.17) is 0 Å². The summed E-state index contributed by atoms with van der Waals surface area (Å²) in [5.74, 6) is 0.565. The molecule has 0 aromatic carbocycles. The van der Waals surface area contributed by atoms with Gasteiger partial charge in [0.05, 0.1) is 7.11 Å².